The van der Waals surface area contributed by atoms with Gasteiger partial charge in [-0.1, -0.05) is 13.3 Å². The molecule has 1 aromatic rings. The summed E-state index contributed by atoms with van der Waals surface area (Å²) in [6.07, 6.45) is 9.54. The zero-order valence-electron chi connectivity index (χ0n) is 8.24. The van der Waals surface area contributed by atoms with Crippen LogP contribution in [-0.2, 0) is 0 Å². The van der Waals surface area contributed by atoms with Crippen molar-refractivity contribution in [1.29, 1.82) is 0 Å². The molecule has 1 aromatic heterocycles. The second kappa shape index (κ2) is 3.86. The van der Waals surface area contributed by atoms with Gasteiger partial charge < -0.3 is 5.43 Å². The second-order valence-electron chi connectivity index (χ2n) is 4.00. The number of rotatable bonds is 3. The van der Waals surface area contributed by atoms with Crippen LogP contribution in [-0.4, -0.2) is 10.7 Å². The number of aromatic nitrogens is 1. The summed E-state index contributed by atoms with van der Waals surface area (Å²) in [5, 5.41) is 0. The van der Waals surface area contributed by atoms with Gasteiger partial charge in [0.1, 0.15) is 0 Å². The molecule has 0 amide bonds. The first kappa shape index (κ1) is 8.67. The quantitative estimate of drug-likeness (QED) is 0.753. The first-order valence-electron chi connectivity index (χ1n) is 5.28. The molecule has 0 aliphatic heterocycles. The molecule has 0 spiro atoms. The van der Waals surface area contributed by atoms with E-state index < -0.39 is 0 Å². The predicted molar refractivity (Wildman–Crippen MR) is 55.2 cm³/mol. The zero-order chi connectivity index (χ0) is 9.10. The molecule has 1 aliphatic carbocycles. The fourth-order valence-corrected chi connectivity index (χ4v) is 2.19. The Morgan fingerprint density at radius 3 is 2.69 bits per heavy atom. The van der Waals surface area contributed by atoms with E-state index in [1.807, 2.05) is 0 Å². The molecule has 1 N–H and O–H groups in total. The van der Waals surface area contributed by atoms with Gasteiger partial charge in [-0.2, -0.15) is 0 Å². The van der Waals surface area contributed by atoms with Crippen molar-refractivity contribution < 1.29 is 0 Å². The third kappa shape index (κ3) is 2.06. The van der Waals surface area contributed by atoms with Gasteiger partial charge in [0, 0.05) is 18.4 Å². The molecule has 1 aliphatic rings. The maximum absolute atomic E-state index is 3.50. The van der Waals surface area contributed by atoms with E-state index in [-0.39, 0.29) is 0 Å². The second-order valence-corrected chi connectivity index (χ2v) is 4.00. The molecule has 72 valence electrons. The molecule has 2 heteroatoms. The fraction of sp³-hybridized carbons (Fsp3) is 0.636. The Morgan fingerprint density at radius 2 is 2.08 bits per heavy atom. The van der Waals surface area contributed by atoms with Gasteiger partial charge in [-0.25, -0.2) is 0 Å². The van der Waals surface area contributed by atoms with Crippen LogP contribution in [0.25, 0.3) is 0 Å². The van der Waals surface area contributed by atoms with Crippen molar-refractivity contribution in [3.8, 4) is 0 Å². The third-order valence-electron chi connectivity index (χ3n) is 3.05. The number of hydrogen-bond donors (Lipinski definition) is 1. The summed E-state index contributed by atoms with van der Waals surface area (Å²) in [7, 11) is 0. The van der Waals surface area contributed by atoms with E-state index in [1.54, 1.807) is 0 Å². The van der Waals surface area contributed by atoms with E-state index in [2.05, 4.69) is 41.6 Å². The smallest absolute Gasteiger partial charge is 0.0427 e. The Kier molecular flexibility index (Phi) is 2.57. The minimum absolute atomic E-state index is 0.692. The van der Waals surface area contributed by atoms with Crippen LogP contribution >= 0.6 is 0 Å². The van der Waals surface area contributed by atoms with Gasteiger partial charge in [0.25, 0.3) is 0 Å². The lowest BCUT2D eigenvalue weighted by Gasteiger charge is -2.14. The number of nitrogens with zero attached hydrogens (tertiary/aromatic N) is 1. The van der Waals surface area contributed by atoms with Crippen LogP contribution < -0.4 is 5.43 Å². The maximum Gasteiger partial charge on any atom is 0.0427 e. The molecule has 2 nitrogen and oxygen atoms in total. The lowest BCUT2D eigenvalue weighted by atomic mass is 10.1. The van der Waals surface area contributed by atoms with Crippen molar-refractivity contribution in [2.45, 2.75) is 38.6 Å². The molecule has 0 radical (unpaired) electrons. The van der Waals surface area contributed by atoms with Gasteiger partial charge in [0.2, 0.25) is 0 Å². The standard InChI is InChI=1S/C11H18N2/c1-2-10-5-6-11(9-10)12-13-7-3-4-8-13/h3-4,7-8,10-12H,2,5-6,9H2,1H3. The van der Waals surface area contributed by atoms with E-state index >= 15 is 0 Å². The van der Waals surface area contributed by atoms with Gasteiger partial charge in [-0.15, -0.1) is 0 Å². The molecule has 0 aromatic carbocycles. The monoisotopic (exact) mass is 178 g/mol. The molecule has 1 saturated carbocycles. The highest BCUT2D eigenvalue weighted by molar-refractivity contribution is 4.97. The topological polar surface area (TPSA) is 17.0 Å². The number of hydrogen-bond acceptors (Lipinski definition) is 1. The van der Waals surface area contributed by atoms with Crippen LogP contribution in [0.1, 0.15) is 32.6 Å². The number of nitrogens with one attached hydrogen (secondary N) is 1. The van der Waals surface area contributed by atoms with Gasteiger partial charge >= 0.3 is 0 Å². The summed E-state index contributed by atoms with van der Waals surface area (Å²) < 4.78 is 2.07. The van der Waals surface area contributed by atoms with Gasteiger partial charge in [0.05, 0.1) is 0 Å². The normalized spacial score (nSPS) is 27.8. The van der Waals surface area contributed by atoms with Crippen LogP contribution in [0.2, 0.25) is 0 Å². The van der Waals surface area contributed by atoms with E-state index in [9.17, 15) is 0 Å². The summed E-state index contributed by atoms with van der Waals surface area (Å²) in [6, 6.07) is 4.80. The first-order valence-corrected chi connectivity index (χ1v) is 5.28. The van der Waals surface area contributed by atoms with Crippen molar-refractivity contribution in [3.63, 3.8) is 0 Å². The largest absolute Gasteiger partial charge is 0.323 e. The molecule has 0 bridgehead atoms. The molecule has 2 rings (SSSR count). The van der Waals surface area contributed by atoms with Crippen molar-refractivity contribution in [2.75, 3.05) is 5.43 Å². The van der Waals surface area contributed by atoms with Crippen LogP contribution in [0.5, 0.6) is 0 Å². The maximum atomic E-state index is 3.50. The van der Waals surface area contributed by atoms with Crippen LogP contribution in [0.4, 0.5) is 0 Å². The Morgan fingerprint density at radius 1 is 1.31 bits per heavy atom. The molecule has 0 saturated heterocycles. The van der Waals surface area contributed by atoms with Crippen LogP contribution in [0.3, 0.4) is 0 Å². The van der Waals surface area contributed by atoms with E-state index in [1.165, 1.54) is 25.7 Å². The highest BCUT2D eigenvalue weighted by Crippen LogP contribution is 2.28. The third-order valence-corrected chi connectivity index (χ3v) is 3.05. The zero-order valence-corrected chi connectivity index (χ0v) is 8.24. The average molecular weight is 178 g/mol. The van der Waals surface area contributed by atoms with Crippen molar-refractivity contribution in [3.05, 3.63) is 24.5 Å². The Bertz CT molecular complexity index is 241. The molecular formula is C11H18N2. The molecule has 2 unspecified atom stereocenters. The highest BCUT2D eigenvalue weighted by Gasteiger charge is 2.22. The molecular weight excluding hydrogens is 160 g/mol. The summed E-state index contributed by atoms with van der Waals surface area (Å²) >= 11 is 0. The lowest BCUT2D eigenvalue weighted by molar-refractivity contribution is 0.518. The van der Waals surface area contributed by atoms with Gasteiger partial charge in [-0.05, 0) is 37.3 Å². The van der Waals surface area contributed by atoms with Gasteiger partial charge in [0.15, 0.2) is 0 Å². The summed E-state index contributed by atoms with van der Waals surface area (Å²) in [4.78, 5) is 0. The van der Waals surface area contributed by atoms with Crippen molar-refractivity contribution in [1.82, 2.24) is 4.68 Å². The minimum Gasteiger partial charge on any atom is -0.323 e. The van der Waals surface area contributed by atoms with Crippen molar-refractivity contribution in [2.24, 2.45) is 5.92 Å². The van der Waals surface area contributed by atoms with Crippen LogP contribution in [0.15, 0.2) is 24.5 Å². The highest BCUT2D eigenvalue weighted by atomic mass is 15.4. The lowest BCUT2D eigenvalue weighted by Crippen LogP contribution is -2.24. The first-order chi connectivity index (χ1) is 6.38. The SMILES string of the molecule is CCC1CCC(Nn2cccc2)C1. The molecule has 2 atom stereocenters. The molecule has 1 fully saturated rings. The predicted octanol–water partition coefficient (Wildman–Crippen LogP) is 2.61. The van der Waals surface area contributed by atoms with E-state index in [4.69, 9.17) is 0 Å². The summed E-state index contributed by atoms with van der Waals surface area (Å²) in [5.74, 6) is 0.952. The van der Waals surface area contributed by atoms with E-state index in [0.29, 0.717) is 6.04 Å². The fourth-order valence-electron chi connectivity index (χ4n) is 2.19. The summed E-state index contributed by atoms with van der Waals surface area (Å²) in [6.45, 7) is 2.29. The van der Waals surface area contributed by atoms with Gasteiger partial charge in [-0.3, -0.25) is 4.68 Å². The molecule has 13 heavy (non-hydrogen) atoms. The average Bonchev–Trinajstić information content (AvgIpc) is 2.76. The summed E-state index contributed by atoms with van der Waals surface area (Å²) in [5.41, 5.74) is 3.50. The Labute approximate surface area is 79.9 Å². The van der Waals surface area contributed by atoms with E-state index in [0.717, 1.165) is 5.92 Å². The van der Waals surface area contributed by atoms with Crippen molar-refractivity contribution >= 4 is 0 Å². The molecule has 1 heterocycles. The Balaban J connectivity index is 1.84. The minimum atomic E-state index is 0.692. The Hall–Kier alpha value is -0.920. The van der Waals surface area contributed by atoms with Crippen LogP contribution in [0, 0.1) is 5.92 Å².